The lowest BCUT2D eigenvalue weighted by molar-refractivity contribution is 0.115. The van der Waals surface area contributed by atoms with Gasteiger partial charge < -0.3 is 10.5 Å². The predicted octanol–water partition coefficient (Wildman–Crippen LogP) is 2.81. The van der Waals surface area contributed by atoms with E-state index in [1.165, 1.54) is 30.4 Å². The average Bonchev–Trinajstić information content (AvgIpc) is 3.08. The van der Waals surface area contributed by atoms with Gasteiger partial charge in [-0.3, -0.25) is 0 Å². The summed E-state index contributed by atoms with van der Waals surface area (Å²) < 4.78 is 5.62. The van der Waals surface area contributed by atoms with Crippen LogP contribution in [0.25, 0.3) is 0 Å². The van der Waals surface area contributed by atoms with Crippen molar-refractivity contribution >= 4 is 0 Å². The highest BCUT2D eigenvalue weighted by atomic mass is 16.5. The Morgan fingerprint density at radius 3 is 2.94 bits per heavy atom. The first kappa shape index (κ1) is 11.6. The Morgan fingerprint density at radius 1 is 1.44 bits per heavy atom. The van der Waals surface area contributed by atoms with Gasteiger partial charge in [-0.05, 0) is 24.8 Å². The van der Waals surface area contributed by atoms with Gasteiger partial charge in [0.15, 0.2) is 0 Å². The van der Waals surface area contributed by atoms with E-state index in [4.69, 9.17) is 10.5 Å². The molecule has 0 spiro atoms. The Morgan fingerprint density at radius 2 is 2.25 bits per heavy atom. The van der Waals surface area contributed by atoms with Crippen LogP contribution < -0.4 is 5.73 Å². The molecule has 0 radical (unpaired) electrons. The van der Waals surface area contributed by atoms with Gasteiger partial charge in [0, 0.05) is 6.61 Å². The van der Waals surface area contributed by atoms with Gasteiger partial charge in [0.2, 0.25) is 0 Å². The van der Waals surface area contributed by atoms with Crippen LogP contribution in [0, 0.1) is 12.8 Å². The molecule has 1 aliphatic carbocycles. The van der Waals surface area contributed by atoms with E-state index < -0.39 is 0 Å². The average molecular weight is 219 g/mol. The van der Waals surface area contributed by atoms with Crippen molar-refractivity contribution in [2.75, 3.05) is 13.2 Å². The second-order valence-corrected chi connectivity index (χ2v) is 4.83. The highest BCUT2D eigenvalue weighted by molar-refractivity contribution is 5.24. The monoisotopic (exact) mass is 219 g/mol. The summed E-state index contributed by atoms with van der Waals surface area (Å²) in [5.74, 6) is 0.940. The SMILES string of the molecule is Cc1cccc(C(N)COCCC2CC2)c1. The van der Waals surface area contributed by atoms with Gasteiger partial charge >= 0.3 is 0 Å². The molecule has 2 nitrogen and oxygen atoms in total. The molecule has 88 valence electrons. The lowest BCUT2D eigenvalue weighted by atomic mass is 10.1. The van der Waals surface area contributed by atoms with Crippen LogP contribution in [-0.4, -0.2) is 13.2 Å². The van der Waals surface area contributed by atoms with E-state index in [1.807, 2.05) is 0 Å². The molecule has 0 bridgehead atoms. The molecule has 0 aromatic heterocycles. The van der Waals surface area contributed by atoms with Crippen LogP contribution in [0.3, 0.4) is 0 Å². The molecule has 0 amide bonds. The van der Waals surface area contributed by atoms with Crippen LogP contribution in [0.15, 0.2) is 24.3 Å². The Kier molecular flexibility index (Phi) is 3.97. The zero-order chi connectivity index (χ0) is 11.4. The van der Waals surface area contributed by atoms with Gasteiger partial charge in [0.1, 0.15) is 0 Å². The summed E-state index contributed by atoms with van der Waals surface area (Å²) >= 11 is 0. The molecule has 16 heavy (non-hydrogen) atoms. The second kappa shape index (κ2) is 5.46. The van der Waals surface area contributed by atoms with Crippen LogP contribution in [0.2, 0.25) is 0 Å². The molecule has 2 rings (SSSR count). The molecule has 1 unspecified atom stereocenters. The maximum absolute atomic E-state index is 6.07. The lowest BCUT2D eigenvalue weighted by Crippen LogP contribution is -2.17. The van der Waals surface area contributed by atoms with Crippen molar-refractivity contribution in [1.82, 2.24) is 0 Å². The quantitative estimate of drug-likeness (QED) is 0.747. The minimum atomic E-state index is 0.0131. The summed E-state index contributed by atoms with van der Waals surface area (Å²) in [6, 6.07) is 8.36. The van der Waals surface area contributed by atoms with Crippen molar-refractivity contribution in [2.24, 2.45) is 11.7 Å². The number of hydrogen-bond donors (Lipinski definition) is 1. The number of aryl methyl sites for hydroxylation is 1. The minimum absolute atomic E-state index is 0.0131. The molecule has 1 aromatic carbocycles. The fourth-order valence-corrected chi connectivity index (χ4v) is 1.86. The normalized spacial score (nSPS) is 17.4. The third-order valence-corrected chi connectivity index (χ3v) is 3.14. The lowest BCUT2D eigenvalue weighted by Gasteiger charge is -2.13. The van der Waals surface area contributed by atoms with Crippen molar-refractivity contribution in [3.05, 3.63) is 35.4 Å². The van der Waals surface area contributed by atoms with Crippen LogP contribution >= 0.6 is 0 Å². The summed E-state index contributed by atoms with van der Waals surface area (Å²) in [7, 11) is 0. The number of ether oxygens (including phenoxy) is 1. The van der Waals surface area contributed by atoms with Crippen molar-refractivity contribution < 1.29 is 4.74 Å². The van der Waals surface area contributed by atoms with E-state index in [2.05, 4.69) is 31.2 Å². The van der Waals surface area contributed by atoms with E-state index >= 15 is 0 Å². The Hall–Kier alpha value is -0.860. The van der Waals surface area contributed by atoms with Crippen molar-refractivity contribution in [2.45, 2.75) is 32.2 Å². The molecule has 1 saturated carbocycles. The highest BCUT2D eigenvalue weighted by Crippen LogP contribution is 2.32. The maximum atomic E-state index is 6.07. The third-order valence-electron chi connectivity index (χ3n) is 3.14. The number of benzene rings is 1. The topological polar surface area (TPSA) is 35.2 Å². The smallest absolute Gasteiger partial charge is 0.0659 e. The standard InChI is InChI=1S/C14H21NO/c1-11-3-2-4-13(9-11)14(15)10-16-8-7-12-5-6-12/h2-4,9,12,14H,5-8,10,15H2,1H3. The van der Waals surface area contributed by atoms with Gasteiger partial charge in [-0.25, -0.2) is 0 Å². The molecule has 2 N–H and O–H groups in total. The maximum Gasteiger partial charge on any atom is 0.0659 e. The minimum Gasteiger partial charge on any atom is -0.379 e. The predicted molar refractivity (Wildman–Crippen MR) is 66.3 cm³/mol. The van der Waals surface area contributed by atoms with E-state index in [0.29, 0.717) is 6.61 Å². The van der Waals surface area contributed by atoms with Crippen LogP contribution in [0.1, 0.15) is 36.4 Å². The Balaban J connectivity index is 1.71. The summed E-state index contributed by atoms with van der Waals surface area (Å²) in [6.45, 7) is 3.59. The van der Waals surface area contributed by atoms with E-state index in [1.54, 1.807) is 0 Å². The molecule has 0 aliphatic heterocycles. The molecule has 2 heteroatoms. The van der Waals surface area contributed by atoms with Crippen molar-refractivity contribution in [3.63, 3.8) is 0 Å². The van der Waals surface area contributed by atoms with Crippen LogP contribution in [0.5, 0.6) is 0 Å². The first-order valence-corrected chi connectivity index (χ1v) is 6.15. The molecular formula is C14H21NO. The third kappa shape index (κ3) is 3.62. The second-order valence-electron chi connectivity index (χ2n) is 4.83. The number of hydrogen-bond acceptors (Lipinski definition) is 2. The van der Waals surface area contributed by atoms with E-state index in [0.717, 1.165) is 12.5 Å². The summed E-state index contributed by atoms with van der Waals surface area (Å²) in [5, 5.41) is 0. The van der Waals surface area contributed by atoms with Crippen molar-refractivity contribution in [1.29, 1.82) is 0 Å². The van der Waals surface area contributed by atoms with Gasteiger partial charge in [0.05, 0.1) is 12.6 Å². The largest absolute Gasteiger partial charge is 0.379 e. The van der Waals surface area contributed by atoms with Crippen molar-refractivity contribution in [3.8, 4) is 0 Å². The van der Waals surface area contributed by atoms with Crippen LogP contribution in [0.4, 0.5) is 0 Å². The van der Waals surface area contributed by atoms with Gasteiger partial charge in [-0.1, -0.05) is 42.7 Å². The fourth-order valence-electron chi connectivity index (χ4n) is 1.86. The molecule has 0 heterocycles. The molecule has 1 fully saturated rings. The molecule has 1 aliphatic rings. The molecule has 1 atom stereocenters. The Bertz CT molecular complexity index is 333. The van der Waals surface area contributed by atoms with Gasteiger partial charge in [0.25, 0.3) is 0 Å². The summed E-state index contributed by atoms with van der Waals surface area (Å²) in [5.41, 5.74) is 8.50. The number of nitrogens with two attached hydrogens (primary N) is 1. The van der Waals surface area contributed by atoms with Gasteiger partial charge in [-0.15, -0.1) is 0 Å². The molecular weight excluding hydrogens is 198 g/mol. The zero-order valence-electron chi connectivity index (χ0n) is 9.99. The highest BCUT2D eigenvalue weighted by Gasteiger charge is 2.20. The number of rotatable bonds is 6. The van der Waals surface area contributed by atoms with Gasteiger partial charge in [-0.2, -0.15) is 0 Å². The molecule has 1 aromatic rings. The summed E-state index contributed by atoms with van der Waals surface area (Å²) in [6.07, 6.45) is 4.00. The fraction of sp³-hybridized carbons (Fsp3) is 0.571. The molecule has 0 saturated heterocycles. The first-order chi connectivity index (χ1) is 7.75. The first-order valence-electron chi connectivity index (χ1n) is 6.15. The summed E-state index contributed by atoms with van der Waals surface area (Å²) in [4.78, 5) is 0. The van der Waals surface area contributed by atoms with Crippen LogP contribution in [-0.2, 0) is 4.74 Å². The van der Waals surface area contributed by atoms with E-state index in [9.17, 15) is 0 Å². The van der Waals surface area contributed by atoms with E-state index in [-0.39, 0.29) is 6.04 Å². The Labute approximate surface area is 97.8 Å². The zero-order valence-corrected chi connectivity index (χ0v) is 9.99.